The predicted octanol–water partition coefficient (Wildman–Crippen LogP) is 6.18. The van der Waals surface area contributed by atoms with Crippen molar-refractivity contribution in [2.24, 2.45) is 11.7 Å². The van der Waals surface area contributed by atoms with Crippen LogP contribution in [0.5, 0.6) is 0 Å². The molecule has 0 bridgehead atoms. The molecule has 3 rings (SSSR count). The summed E-state index contributed by atoms with van der Waals surface area (Å²) in [5.41, 5.74) is 2.23. The maximum absolute atomic E-state index is 13.3. The van der Waals surface area contributed by atoms with Crippen molar-refractivity contribution in [2.75, 3.05) is 13.2 Å². The van der Waals surface area contributed by atoms with Gasteiger partial charge in [0.05, 0.1) is 29.4 Å². The van der Waals surface area contributed by atoms with Crippen molar-refractivity contribution in [3.63, 3.8) is 0 Å². The monoisotopic (exact) mass is 518 g/mol. The summed E-state index contributed by atoms with van der Waals surface area (Å²) in [6, 6.07) is 10.7. The van der Waals surface area contributed by atoms with E-state index in [1.54, 1.807) is 6.92 Å². The van der Waals surface area contributed by atoms with Crippen LogP contribution in [0.25, 0.3) is 0 Å². The number of rotatable bonds is 7. The van der Waals surface area contributed by atoms with E-state index in [0.29, 0.717) is 31.5 Å². The average Bonchev–Trinajstić information content (AvgIpc) is 2.81. The Kier molecular flexibility index (Phi) is 8.24. The van der Waals surface area contributed by atoms with Crippen LogP contribution in [0.2, 0.25) is 0 Å². The molecule has 2 aromatic rings. The Hall–Kier alpha value is -2.79. The van der Waals surface area contributed by atoms with E-state index in [4.69, 9.17) is 15.2 Å². The molecule has 36 heavy (non-hydrogen) atoms. The van der Waals surface area contributed by atoms with Crippen LogP contribution in [0.4, 0.5) is 31.1 Å². The summed E-state index contributed by atoms with van der Waals surface area (Å²) in [5.74, 6) is -0.0374. The average molecular weight is 518 g/mol. The fraction of sp³-hybridized carbons (Fsp3) is 0.480. The highest BCUT2D eigenvalue weighted by Crippen LogP contribution is 2.39. The van der Waals surface area contributed by atoms with E-state index in [1.165, 1.54) is 6.92 Å². The number of halogens is 6. The first-order valence-electron chi connectivity index (χ1n) is 11.4. The van der Waals surface area contributed by atoms with Crippen LogP contribution in [0.15, 0.2) is 48.5 Å². The van der Waals surface area contributed by atoms with Crippen LogP contribution in [-0.2, 0) is 27.4 Å². The normalized spacial score (nSPS) is 22.6. The number of piperidine rings is 1. The standard InChI is InChI=1S/C25H28F6N2O3/c1-15(18-10-20(24(26,27)28)12-21(11-18)25(29,30)31)35-14-23(19-6-4-3-5-7-19)9-8-17(13-33-23)16(2)36-22(32)34/h3-7,10-12,15-17,33H,8-9,13-14H2,1-2H3,(H2,32,34)/t15?,16?,17?,23-/m1/s1. The number of carbonyl (C=O) groups excluding carboxylic acids is 1. The number of hydrogen-bond acceptors (Lipinski definition) is 4. The predicted molar refractivity (Wildman–Crippen MR) is 120 cm³/mol. The highest BCUT2D eigenvalue weighted by atomic mass is 19.4. The Morgan fingerprint density at radius 2 is 1.64 bits per heavy atom. The van der Waals surface area contributed by atoms with Crippen LogP contribution in [-0.4, -0.2) is 25.3 Å². The first-order chi connectivity index (χ1) is 16.7. The first kappa shape index (κ1) is 27.8. The van der Waals surface area contributed by atoms with Gasteiger partial charge in [0.1, 0.15) is 6.10 Å². The van der Waals surface area contributed by atoms with Gasteiger partial charge >= 0.3 is 18.4 Å². The van der Waals surface area contributed by atoms with Crippen molar-refractivity contribution in [3.05, 3.63) is 70.8 Å². The largest absolute Gasteiger partial charge is 0.446 e. The number of carbonyl (C=O) groups is 1. The lowest BCUT2D eigenvalue weighted by molar-refractivity contribution is -0.143. The fourth-order valence-electron chi connectivity index (χ4n) is 4.42. The zero-order valence-electron chi connectivity index (χ0n) is 19.7. The Morgan fingerprint density at radius 3 is 2.11 bits per heavy atom. The van der Waals surface area contributed by atoms with Gasteiger partial charge in [0, 0.05) is 12.5 Å². The van der Waals surface area contributed by atoms with Gasteiger partial charge in [-0.2, -0.15) is 26.3 Å². The lowest BCUT2D eigenvalue weighted by Gasteiger charge is -2.43. The molecule has 0 saturated carbocycles. The molecule has 5 nitrogen and oxygen atoms in total. The molecular formula is C25H28F6N2O3. The van der Waals surface area contributed by atoms with Gasteiger partial charge < -0.3 is 20.5 Å². The molecule has 4 atom stereocenters. The maximum atomic E-state index is 13.3. The molecule has 3 unspecified atom stereocenters. The smallest absolute Gasteiger partial charge is 0.416 e. The SMILES string of the molecule is CC(OC[C@@]1(c2ccccc2)CCC(C(C)OC(N)=O)CN1)c1cc(C(F)(F)F)cc(C(F)(F)F)c1. The second-order valence-electron chi connectivity index (χ2n) is 9.06. The van der Waals surface area contributed by atoms with E-state index in [1.807, 2.05) is 30.3 Å². The van der Waals surface area contributed by atoms with E-state index in [9.17, 15) is 31.1 Å². The van der Waals surface area contributed by atoms with Gasteiger partial charge in [0.2, 0.25) is 0 Å². The minimum absolute atomic E-state index is 0.00639. The van der Waals surface area contributed by atoms with E-state index in [2.05, 4.69) is 5.32 Å². The molecule has 1 saturated heterocycles. The summed E-state index contributed by atoms with van der Waals surface area (Å²) in [5, 5.41) is 3.41. The summed E-state index contributed by atoms with van der Waals surface area (Å²) < 4.78 is 90.7. The quantitative estimate of drug-likeness (QED) is 0.430. The van der Waals surface area contributed by atoms with Crippen molar-refractivity contribution < 1.29 is 40.6 Å². The van der Waals surface area contributed by atoms with Crippen LogP contribution >= 0.6 is 0 Å². The summed E-state index contributed by atoms with van der Waals surface area (Å²) >= 11 is 0. The summed E-state index contributed by atoms with van der Waals surface area (Å²) in [6.45, 7) is 3.58. The molecule has 198 valence electrons. The Bertz CT molecular complexity index is 1000. The Balaban J connectivity index is 1.83. The maximum Gasteiger partial charge on any atom is 0.416 e. The molecule has 1 amide bonds. The summed E-state index contributed by atoms with van der Waals surface area (Å²) in [7, 11) is 0. The molecule has 11 heteroatoms. The van der Waals surface area contributed by atoms with Gasteiger partial charge in [0.15, 0.2) is 0 Å². The number of nitrogens with one attached hydrogen (secondary N) is 1. The van der Waals surface area contributed by atoms with Crippen molar-refractivity contribution >= 4 is 6.09 Å². The van der Waals surface area contributed by atoms with Gasteiger partial charge in [0.25, 0.3) is 0 Å². The molecule has 2 aromatic carbocycles. The van der Waals surface area contributed by atoms with Crippen molar-refractivity contribution in [1.29, 1.82) is 0 Å². The molecule has 0 radical (unpaired) electrons. The van der Waals surface area contributed by atoms with Gasteiger partial charge in [-0.1, -0.05) is 30.3 Å². The number of primary amides is 1. The third kappa shape index (κ3) is 6.70. The van der Waals surface area contributed by atoms with Crippen LogP contribution in [0.3, 0.4) is 0 Å². The van der Waals surface area contributed by atoms with Crippen molar-refractivity contribution in [3.8, 4) is 0 Å². The molecule has 1 aliphatic heterocycles. The summed E-state index contributed by atoms with van der Waals surface area (Å²) in [6.07, 6.45) is -11.1. The molecule has 1 aliphatic rings. The number of amides is 1. The van der Waals surface area contributed by atoms with E-state index in [-0.39, 0.29) is 24.2 Å². The van der Waals surface area contributed by atoms with Crippen LogP contribution in [0, 0.1) is 5.92 Å². The second kappa shape index (κ2) is 10.7. The highest BCUT2D eigenvalue weighted by Gasteiger charge is 2.40. The fourth-order valence-corrected chi connectivity index (χ4v) is 4.42. The van der Waals surface area contributed by atoms with Gasteiger partial charge in [-0.15, -0.1) is 0 Å². The first-order valence-corrected chi connectivity index (χ1v) is 11.4. The van der Waals surface area contributed by atoms with E-state index < -0.39 is 47.3 Å². The lowest BCUT2D eigenvalue weighted by Crippen LogP contribution is -2.53. The lowest BCUT2D eigenvalue weighted by atomic mass is 9.78. The number of nitrogens with two attached hydrogens (primary N) is 1. The summed E-state index contributed by atoms with van der Waals surface area (Å²) in [4.78, 5) is 11.1. The number of benzene rings is 2. The van der Waals surface area contributed by atoms with E-state index in [0.717, 1.165) is 5.56 Å². The zero-order chi connectivity index (χ0) is 26.7. The Morgan fingerprint density at radius 1 is 1.06 bits per heavy atom. The van der Waals surface area contributed by atoms with Gasteiger partial charge in [-0.25, -0.2) is 4.79 Å². The number of ether oxygens (including phenoxy) is 2. The van der Waals surface area contributed by atoms with Crippen LogP contribution in [0.1, 0.15) is 55.0 Å². The van der Waals surface area contributed by atoms with Crippen molar-refractivity contribution in [1.82, 2.24) is 5.32 Å². The third-order valence-electron chi connectivity index (χ3n) is 6.60. The highest BCUT2D eigenvalue weighted by molar-refractivity contribution is 5.64. The Labute approximate surface area is 204 Å². The molecule has 3 N–H and O–H groups in total. The van der Waals surface area contributed by atoms with E-state index >= 15 is 0 Å². The van der Waals surface area contributed by atoms with Crippen molar-refractivity contribution in [2.45, 2.75) is 56.8 Å². The molecular weight excluding hydrogens is 490 g/mol. The van der Waals surface area contributed by atoms with Crippen LogP contribution < -0.4 is 11.1 Å². The molecule has 0 aromatic heterocycles. The number of alkyl halides is 6. The third-order valence-corrected chi connectivity index (χ3v) is 6.60. The zero-order valence-corrected chi connectivity index (χ0v) is 19.7. The topological polar surface area (TPSA) is 73.6 Å². The molecule has 1 fully saturated rings. The number of hydrogen-bond donors (Lipinski definition) is 2. The molecule has 1 heterocycles. The second-order valence-corrected chi connectivity index (χ2v) is 9.06. The molecule has 0 aliphatic carbocycles. The van der Waals surface area contributed by atoms with Gasteiger partial charge in [-0.05, 0) is 56.0 Å². The molecule has 0 spiro atoms. The minimum Gasteiger partial charge on any atom is -0.446 e. The minimum atomic E-state index is -4.94. The van der Waals surface area contributed by atoms with Gasteiger partial charge in [-0.3, -0.25) is 0 Å².